The lowest BCUT2D eigenvalue weighted by molar-refractivity contribution is 0.0141. The van der Waals surface area contributed by atoms with Gasteiger partial charge in [0.2, 0.25) is 5.76 Å². The molecule has 3 aromatic heterocycles. The third-order valence-corrected chi connectivity index (χ3v) is 6.78. The van der Waals surface area contributed by atoms with Gasteiger partial charge in [-0.25, -0.2) is 4.98 Å². The van der Waals surface area contributed by atoms with Crippen LogP contribution in [0.2, 0.25) is 0 Å². The van der Waals surface area contributed by atoms with Crippen molar-refractivity contribution in [1.29, 1.82) is 0 Å². The van der Waals surface area contributed by atoms with Crippen molar-refractivity contribution in [3.8, 4) is 0 Å². The Morgan fingerprint density at radius 3 is 3.28 bits per heavy atom. The summed E-state index contributed by atoms with van der Waals surface area (Å²) in [6.45, 7) is 4.08. The number of aromatic nitrogens is 4. The summed E-state index contributed by atoms with van der Waals surface area (Å²) < 4.78 is 11.6. The summed E-state index contributed by atoms with van der Waals surface area (Å²) in [6.07, 6.45) is 5.95. The number of carbonyl (C=O) groups is 1. The molecule has 1 spiro atoms. The van der Waals surface area contributed by atoms with E-state index in [2.05, 4.69) is 30.6 Å². The highest BCUT2D eigenvalue weighted by Crippen LogP contribution is 2.55. The van der Waals surface area contributed by atoms with Crippen LogP contribution in [0.1, 0.15) is 29.1 Å². The minimum atomic E-state index is -0.220. The van der Waals surface area contributed by atoms with E-state index >= 15 is 0 Å². The Kier molecular flexibility index (Phi) is 3.53. The molecular weight excluding hydrogens is 372 g/mol. The molecule has 3 aromatic rings. The molecule has 3 aliphatic rings. The Labute approximate surface area is 166 Å². The van der Waals surface area contributed by atoms with E-state index in [4.69, 9.17) is 9.26 Å². The minimum absolute atomic E-state index is 0.142. The minimum Gasteiger partial charge on any atom is -0.369 e. The molecule has 3 saturated heterocycles. The predicted molar refractivity (Wildman–Crippen MR) is 103 cm³/mol. The molecule has 3 aliphatic heterocycles. The number of H-pyrrole nitrogens is 1. The molecule has 0 saturated carbocycles. The third-order valence-electron chi connectivity index (χ3n) is 6.78. The smallest absolute Gasteiger partial charge is 0.289 e. The van der Waals surface area contributed by atoms with Crippen LogP contribution in [0.15, 0.2) is 29.0 Å². The molecule has 6 rings (SSSR count). The van der Waals surface area contributed by atoms with E-state index in [9.17, 15) is 4.79 Å². The molecular formula is C20H22N6O3. The Hall–Kier alpha value is -2.94. The fourth-order valence-corrected chi connectivity index (χ4v) is 5.50. The monoisotopic (exact) mass is 394 g/mol. The molecule has 0 aliphatic carbocycles. The van der Waals surface area contributed by atoms with Gasteiger partial charge in [0.15, 0.2) is 0 Å². The summed E-state index contributed by atoms with van der Waals surface area (Å²) in [4.78, 5) is 19.3. The van der Waals surface area contributed by atoms with Crippen LogP contribution < -0.4 is 10.2 Å². The average molecular weight is 394 g/mol. The van der Waals surface area contributed by atoms with E-state index < -0.39 is 0 Å². The lowest BCUT2D eigenvalue weighted by Crippen LogP contribution is -2.41. The molecule has 3 fully saturated rings. The summed E-state index contributed by atoms with van der Waals surface area (Å²) in [7, 11) is 0. The molecule has 150 valence electrons. The molecule has 9 nitrogen and oxygen atoms in total. The second-order valence-electron chi connectivity index (χ2n) is 8.42. The lowest BCUT2D eigenvalue weighted by Gasteiger charge is -2.29. The molecule has 2 bridgehead atoms. The average Bonchev–Trinajstić information content (AvgIpc) is 3.50. The normalized spacial score (nSPS) is 30.2. The van der Waals surface area contributed by atoms with Gasteiger partial charge in [0.1, 0.15) is 5.82 Å². The first-order valence-corrected chi connectivity index (χ1v) is 10.1. The number of rotatable bonds is 4. The van der Waals surface area contributed by atoms with Crippen LogP contribution in [0.25, 0.3) is 10.9 Å². The maximum absolute atomic E-state index is 12.4. The van der Waals surface area contributed by atoms with Crippen LogP contribution >= 0.6 is 0 Å². The predicted octanol–water partition coefficient (Wildman–Crippen LogP) is 1.67. The maximum Gasteiger partial charge on any atom is 0.289 e. The maximum atomic E-state index is 12.4. The standard InChI is InChI=1S/C20H22N6O3/c1-11-6-17(29-25-11)19(27)22-7-12-14-9-26(10-20(14)4-2-16(12)28-20)18-13-8-23-24-15(13)3-5-21-18/h3,5-6,8,12,14,16H,2,4,7,9-10H2,1H3,(H,22,27)(H,23,24)/t12-,14+,16+,20+/m0/s1. The van der Waals surface area contributed by atoms with Crippen molar-refractivity contribution in [3.63, 3.8) is 0 Å². The topological polar surface area (TPSA) is 109 Å². The zero-order valence-corrected chi connectivity index (χ0v) is 16.1. The number of nitrogens with one attached hydrogen (secondary N) is 2. The van der Waals surface area contributed by atoms with E-state index in [1.165, 1.54) is 0 Å². The Bertz CT molecular complexity index is 1090. The second kappa shape index (κ2) is 6.03. The number of hydrogen-bond donors (Lipinski definition) is 2. The highest BCUT2D eigenvalue weighted by molar-refractivity contribution is 5.91. The molecule has 29 heavy (non-hydrogen) atoms. The zero-order valence-electron chi connectivity index (χ0n) is 16.1. The van der Waals surface area contributed by atoms with Gasteiger partial charge < -0.3 is 19.5 Å². The molecule has 9 heteroatoms. The third kappa shape index (κ3) is 2.50. The zero-order chi connectivity index (χ0) is 19.6. The van der Waals surface area contributed by atoms with Crippen LogP contribution in [-0.2, 0) is 4.74 Å². The molecule has 2 N–H and O–H groups in total. The van der Waals surface area contributed by atoms with Crippen LogP contribution in [-0.4, -0.2) is 57.6 Å². The highest BCUT2D eigenvalue weighted by atomic mass is 16.5. The molecule has 0 unspecified atom stereocenters. The fourth-order valence-electron chi connectivity index (χ4n) is 5.50. The largest absolute Gasteiger partial charge is 0.369 e. The first-order chi connectivity index (χ1) is 14.1. The van der Waals surface area contributed by atoms with Crippen LogP contribution in [0.5, 0.6) is 0 Å². The summed E-state index contributed by atoms with van der Waals surface area (Å²) in [6, 6.07) is 3.59. The molecule has 0 radical (unpaired) electrons. The van der Waals surface area contributed by atoms with Gasteiger partial charge >= 0.3 is 0 Å². The van der Waals surface area contributed by atoms with E-state index in [1.54, 1.807) is 13.0 Å². The number of aromatic amines is 1. The molecule has 0 aromatic carbocycles. The van der Waals surface area contributed by atoms with Crippen molar-refractivity contribution >= 4 is 22.6 Å². The van der Waals surface area contributed by atoms with Crippen LogP contribution in [0.3, 0.4) is 0 Å². The van der Waals surface area contributed by atoms with Gasteiger partial charge in [0.05, 0.1) is 34.5 Å². The van der Waals surface area contributed by atoms with Crippen molar-refractivity contribution in [1.82, 2.24) is 25.7 Å². The van der Waals surface area contributed by atoms with Gasteiger partial charge in [-0.15, -0.1) is 0 Å². The van der Waals surface area contributed by atoms with Crippen molar-refractivity contribution in [2.24, 2.45) is 11.8 Å². The van der Waals surface area contributed by atoms with Crippen LogP contribution in [0, 0.1) is 18.8 Å². The number of pyridine rings is 1. The fraction of sp³-hybridized carbons (Fsp3) is 0.500. The number of aryl methyl sites for hydroxylation is 1. The van der Waals surface area contributed by atoms with E-state index in [1.807, 2.05) is 18.5 Å². The number of carbonyl (C=O) groups excluding carboxylic acids is 1. The number of hydrogen-bond acceptors (Lipinski definition) is 7. The quantitative estimate of drug-likeness (QED) is 0.693. The number of anilines is 1. The second-order valence-corrected chi connectivity index (χ2v) is 8.42. The molecule has 1 amide bonds. The summed E-state index contributed by atoms with van der Waals surface area (Å²) in [5.41, 5.74) is 1.54. The highest BCUT2D eigenvalue weighted by Gasteiger charge is 2.63. The van der Waals surface area contributed by atoms with Gasteiger partial charge in [0, 0.05) is 43.7 Å². The summed E-state index contributed by atoms with van der Waals surface area (Å²) in [5.74, 6) is 1.63. The van der Waals surface area contributed by atoms with Crippen molar-refractivity contribution < 1.29 is 14.1 Å². The van der Waals surface area contributed by atoms with E-state index in [0.29, 0.717) is 18.2 Å². The van der Waals surface area contributed by atoms with Gasteiger partial charge in [-0.05, 0) is 25.8 Å². The van der Waals surface area contributed by atoms with Crippen molar-refractivity contribution in [3.05, 3.63) is 36.0 Å². The van der Waals surface area contributed by atoms with E-state index in [-0.39, 0.29) is 29.3 Å². The first kappa shape index (κ1) is 17.0. The van der Waals surface area contributed by atoms with Crippen molar-refractivity contribution in [2.45, 2.75) is 31.5 Å². The number of fused-ring (bicyclic) bond motifs is 2. The van der Waals surface area contributed by atoms with E-state index in [0.717, 1.165) is 42.7 Å². The Balaban J connectivity index is 1.22. The number of amides is 1. The number of ether oxygens (including phenoxy) is 1. The molecule has 4 atom stereocenters. The van der Waals surface area contributed by atoms with Gasteiger partial charge in [-0.2, -0.15) is 5.10 Å². The lowest BCUT2D eigenvalue weighted by atomic mass is 9.73. The number of nitrogens with zero attached hydrogens (tertiary/aromatic N) is 4. The Morgan fingerprint density at radius 2 is 2.41 bits per heavy atom. The van der Waals surface area contributed by atoms with Gasteiger partial charge in [0.25, 0.3) is 5.91 Å². The van der Waals surface area contributed by atoms with Gasteiger partial charge in [-0.1, -0.05) is 5.16 Å². The SMILES string of the molecule is Cc1cc(C(=O)NC[C@H]2[C@H]3CN(c4nccc5[nH]ncc45)C[C@]34CC[C@H]2O4)on1. The summed E-state index contributed by atoms with van der Waals surface area (Å²) >= 11 is 0. The Morgan fingerprint density at radius 1 is 1.48 bits per heavy atom. The molecule has 6 heterocycles. The summed E-state index contributed by atoms with van der Waals surface area (Å²) in [5, 5.41) is 15.0. The van der Waals surface area contributed by atoms with Gasteiger partial charge in [-0.3, -0.25) is 9.89 Å². The van der Waals surface area contributed by atoms with Crippen molar-refractivity contribution in [2.75, 3.05) is 24.5 Å². The van der Waals surface area contributed by atoms with Crippen LogP contribution in [0.4, 0.5) is 5.82 Å². The first-order valence-electron chi connectivity index (χ1n) is 10.1.